The molecular formula is C22H19FN4O4S. The van der Waals surface area contributed by atoms with Crippen molar-refractivity contribution in [2.75, 3.05) is 17.3 Å². The molecule has 0 aliphatic heterocycles. The van der Waals surface area contributed by atoms with Crippen LogP contribution in [0.2, 0.25) is 0 Å². The molecule has 0 bridgehead atoms. The molecule has 2 aromatic carbocycles. The molecule has 32 heavy (non-hydrogen) atoms. The fourth-order valence-corrected chi connectivity index (χ4v) is 4.64. The Morgan fingerprint density at radius 3 is 2.62 bits per heavy atom. The van der Waals surface area contributed by atoms with Crippen LogP contribution in [0, 0.1) is 12.7 Å². The number of carbonyl (C=O) groups is 1. The van der Waals surface area contributed by atoms with Crippen LogP contribution < -0.4 is 10.2 Å². The maximum Gasteiger partial charge on any atom is 0.411 e. The third-order valence-corrected chi connectivity index (χ3v) is 6.65. The number of fused-ring (bicyclic) bond motifs is 1. The second-order valence-electron chi connectivity index (χ2n) is 7.19. The number of amides is 1. The number of carboxylic acid groups (broad SMARTS) is 1. The van der Waals surface area contributed by atoms with Crippen molar-refractivity contribution >= 4 is 44.1 Å². The molecule has 4 aromatic rings. The van der Waals surface area contributed by atoms with E-state index in [0.29, 0.717) is 11.1 Å². The van der Waals surface area contributed by atoms with E-state index in [9.17, 15) is 22.7 Å². The van der Waals surface area contributed by atoms with E-state index in [0.717, 1.165) is 14.4 Å². The molecule has 4 rings (SSSR count). The highest BCUT2D eigenvalue weighted by molar-refractivity contribution is 7.90. The van der Waals surface area contributed by atoms with Gasteiger partial charge in [0.05, 0.1) is 16.9 Å². The van der Waals surface area contributed by atoms with Crippen LogP contribution in [0.15, 0.2) is 72.0 Å². The van der Waals surface area contributed by atoms with Crippen molar-refractivity contribution in [3.8, 4) is 0 Å². The Morgan fingerprint density at radius 2 is 1.97 bits per heavy atom. The van der Waals surface area contributed by atoms with Crippen LogP contribution in [0.1, 0.15) is 5.56 Å². The number of anilines is 3. The topological polar surface area (TPSA) is 105 Å². The zero-order valence-electron chi connectivity index (χ0n) is 17.2. The molecule has 0 atom stereocenters. The molecule has 0 saturated heterocycles. The third kappa shape index (κ3) is 3.76. The molecule has 0 spiro atoms. The van der Waals surface area contributed by atoms with Gasteiger partial charge in [-0.25, -0.2) is 21.6 Å². The van der Waals surface area contributed by atoms with Crippen molar-refractivity contribution in [1.82, 2.24) is 8.96 Å². The summed E-state index contributed by atoms with van der Waals surface area (Å²) >= 11 is 0. The fourth-order valence-electron chi connectivity index (χ4n) is 3.32. The third-order valence-electron chi connectivity index (χ3n) is 4.99. The molecule has 2 heterocycles. The molecule has 0 saturated carbocycles. The summed E-state index contributed by atoms with van der Waals surface area (Å²) in [4.78, 5) is 16.3. The summed E-state index contributed by atoms with van der Waals surface area (Å²) in [6.07, 6.45) is 2.67. The van der Waals surface area contributed by atoms with Gasteiger partial charge in [0.1, 0.15) is 10.7 Å². The minimum Gasteiger partial charge on any atom is -0.465 e. The predicted molar refractivity (Wildman–Crippen MR) is 120 cm³/mol. The number of aromatic nitrogens is 2. The zero-order valence-corrected chi connectivity index (χ0v) is 18.0. The average molecular weight is 454 g/mol. The van der Waals surface area contributed by atoms with E-state index in [1.807, 2.05) is 0 Å². The summed E-state index contributed by atoms with van der Waals surface area (Å²) in [7, 11) is -2.75. The molecule has 8 nitrogen and oxygen atoms in total. The molecule has 164 valence electrons. The zero-order chi connectivity index (χ0) is 23.0. The largest absolute Gasteiger partial charge is 0.465 e. The maximum atomic E-state index is 14.3. The molecule has 0 radical (unpaired) electrons. The Kier molecular flexibility index (Phi) is 5.31. The molecule has 10 heteroatoms. The fraction of sp³-hybridized carbons (Fsp3) is 0.0909. The van der Waals surface area contributed by atoms with E-state index in [1.165, 1.54) is 49.9 Å². The van der Waals surface area contributed by atoms with Gasteiger partial charge in [0.2, 0.25) is 0 Å². The molecule has 0 aliphatic carbocycles. The maximum absolute atomic E-state index is 14.3. The number of nitrogens with one attached hydrogen (secondary N) is 1. The average Bonchev–Trinajstić information content (AvgIpc) is 3.15. The number of hydrogen-bond donors (Lipinski definition) is 2. The van der Waals surface area contributed by atoms with Gasteiger partial charge in [-0.15, -0.1) is 0 Å². The summed E-state index contributed by atoms with van der Waals surface area (Å²) in [5, 5.41) is 12.8. The quantitative estimate of drug-likeness (QED) is 0.457. The van der Waals surface area contributed by atoms with Gasteiger partial charge in [0.25, 0.3) is 10.0 Å². The Bertz CT molecular complexity index is 1440. The molecule has 0 fully saturated rings. The molecule has 1 amide bonds. The molecule has 2 N–H and O–H groups in total. The highest BCUT2D eigenvalue weighted by Gasteiger charge is 2.24. The van der Waals surface area contributed by atoms with Crippen molar-refractivity contribution in [2.45, 2.75) is 11.8 Å². The number of benzene rings is 2. The van der Waals surface area contributed by atoms with Crippen LogP contribution in [0.25, 0.3) is 10.9 Å². The molecular weight excluding hydrogens is 435 g/mol. The number of aryl methyl sites for hydroxylation is 1. The lowest BCUT2D eigenvalue weighted by atomic mass is 10.2. The van der Waals surface area contributed by atoms with E-state index in [-0.39, 0.29) is 21.8 Å². The lowest BCUT2D eigenvalue weighted by Crippen LogP contribution is -2.23. The number of rotatable bonds is 5. The second-order valence-corrected chi connectivity index (χ2v) is 9.00. The van der Waals surface area contributed by atoms with Crippen molar-refractivity contribution in [1.29, 1.82) is 0 Å². The first-order valence-electron chi connectivity index (χ1n) is 9.49. The molecule has 2 aromatic heterocycles. The SMILES string of the molecule is Cc1ccc(Nc2ccc3c(N(C)C(=O)O)cn(S(=O)(=O)c4cccnc4)c3c2)c(F)c1. The van der Waals surface area contributed by atoms with Crippen LogP contribution >= 0.6 is 0 Å². The molecule has 0 aliphatic rings. The predicted octanol–water partition coefficient (Wildman–Crippen LogP) is 4.58. The minimum atomic E-state index is -4.07. The summed E-state index contributed by atoms with van der Waals surface area (Å²) in [6.45, 7) is 1.77. The Balaban J connectivity index is 1.90. The van der Waals surface area contributed by atoms with E-state index in [4.69, 9.17) is 0 Å². The molecule has 0 unspecified atom stereocenters. The van der Waals surface area contributed by atoms with Crippen LogP contribution in [-0.2, 0) is 10.0 Å². The first-order chi connectivity index (χ1) is 15.2. The van der Waals surface area contributed by atoms with Gasteiger partial charge in [-0.3, -0.25) is 9.88 Å². The van der Waals surface area contributed by atoms with Gasteiger partial charge in [0.15, 0.2) is 0 Å². The van der Waals surface area contributed by atoms with Gasteiger partial charge in [-0.2, -0.15) is 0 Å². The van der Waals surface area contributed by atoms with Crippen molar-refractivity contribution < 1.29 is 22.7 Å². The summed E-state index contributed by atoms with van der Waals surface area (Å²) in [5.41, 5.74) is 1.85. The highest BCUT2D eigenvalue weighted by atomic mass is 32.2. The van der Waals surface area contributed by atoms with Crippen molar-refractivity contribution in [3.63, 3.8) is 0 Å². The Morgan fingerprint density at radius 1 is 1.19 bits per heavy atom. The summed E-state index contributed by atoms with van der Waals surface area (Å²) < 4.78 is 41.9. The van der Waals surface area contributed by atoms with Gasteiger partial charge >= 0.3 is 6.09 Å². The lowest BCUT2D eigenvalue weighted by molar-refractivity contribution is 0.203. The second kappa shape index (κ2) is 7.97. The lowest BCUT2D eigenvalue weighted by Gasteiger charge is -2.12. The smallest absolute Gasteiger partial charge is 0.411 e. The van der Waals surface area contributed by atoms with Crippen LogP contribution in [0.5, 0.6) is 0 Å². The van der Waals surface area contributed by atoms with Gasteiger partial charge < -0.3 is 10.4 Å². The van der Waals surface area contributed by atoms with E-state index >= 15 is 0 Å². The van der Waals surface area contributed by atoms with Gasteiger partial charge in [-0.05, 0) is 55.0 Å². The first-order valence-corrected chi connectivity index (χ1v) is 10.9. The monoisotopic (exact) mass is 454 g/mol. The van der Waals surface area contributed by atoms with Gasteiger partial charge in [0, 0.05) is 36.7 Å². The van der Waals surface area contributed by atoms with E-state index < -0.39 is 21.9 Å². The first kappa shape index (κ1) is 21.3. The van der Waals surface area contributed by atoms with Crippen LogP contribution in [0.4, 0.5) is 26.2 Å². The van der Waals surface area contributed by atoms with Crippen LogP contribution in [0.3, 0.4) is 0 Å². The number of nitrogens with zero attached hydrogens (tertiary/aromatic N) is 3. The van der Waals surface area contributed by atoms with E-state index in [1.54, 1.807) is 31.2 Å². The number of halogens is 1. The number of pyridine rings is 1. The Hall–Kier alpha value is -3.92. The highest BCUT2D eigenvalue weighted by Crippen LogP contribution is 2.34. The van der Waals surface area contributed by atoms with Crippen molar-refractivity contribution in [3.05, 3.63) is 78.5 Å². The summed E-state index contributed by atoms with van der Waals surface area (Å²) in [6, 6.07) is 12.4. The van der Waals surface area contributed by atoms with Crippen molar-refractivity contribution in [2.24, 2.45) is 0 Å². The van der Waals surface area contributed by atoms with Gasteiger partial charge in [-0.1, -0.05) is 6.07 Å². The standard InChI is InChI=1S/C22H19FN4O4S/c1-14-5-8-19(18(23)10-14)25-15-6-7-17-20(11-15)27(13-21(17)26(2)22(28)29)32(30,31)16-4-3-9-24-12-16/h3-13,25H,1-2H3,(H,28,29). The van der Waals surface area contributed by atoms with E-state index in [2.05, 4.69) is 10.3 Å². The normalized spacial score (nSPS) is 11.5. The van der Waals surface area contributed by atoms with Crippen LogP contribution in [-0.4, -0.2) is 35.6 Å². The minimum absolute atomic E-state index is 0.0515. The summed E-state index contributed by atoms with van der Waals surface area (Å²) in [5.74, 6) is -0.449. The number of hydrogen-bond acceptors (Lipinski definition) is 5. The Labute approximate surface area is 183 Å².